The van der Waals surface area contributed by atoms with Crippen LogP contribution < -0.4 is 10.6 Å². The van der Waals surface area contributed by atoms with Gasteiger partial charge in [0.1, 0.15) is 11.9 Å². The number of aromatic nitrogens is 3. The van der Waals surface area contributed by atoms with E-state index in [2.05, 4.69) is 45.9 Å². The fourth-order valence-corrected chi connectivity index (χ4v) is 4.12. The van der Waals surface area contributed by atoms with E-state index in [1.165, 1.54) is 0 Å². The van der Waals surface area contributed by atoms with Crippen LogP contribution >= 0.6 is 0 Å². The van der Waals surface area contributed by atoms with Gasteiger partial charge in [0.25, 0.3) is 0 Å². The molecule has 0 saturated carbocycles. The highest BCUT2D eigenvalue weighted by Gasteiger charge is 2.23. The first-order valence-corrected chi connectivity index (χ1v) is 11.8. The molecule has 1 amide bonds. The number of carbonyl (C=O) groups is 1. The van der Waals surface area contributed by atoms with Crippen molar-refractivity contribution >= 4 is 11.7 Å². The van der Waals surface area contributed by atoms with Crippen LogP contribution in [0.15, 0.2) is 72.6 Å². The summed E-state index contributed by atoms with van der Waals surface area (Å²) in [7, 11) is 1.91. The Morgan fingerprint density at radius 3 is 2.57 bits per heavy atom. The highest BCUT2D eigenvalue weighted by Crippen LogP contribution is 2.23. The number of anilines is 1. The van der Waals surface area contributed by atoms with Crippen LogP contribution in [0.3, 0.4) is 0 Å². The van der Waals surface area contributed by atoms with E-state index >= 15 is 0 Å². The van der Waals surface area contributed by atoms with Crippen molar-refractivity contribution in [3.8, 4) is 17.2 Å². The summed E-state index contributed by atoms with van der Waals surface area (Å²) in [5, 5.41) is 19.7. The number of pyridine rings is 1. The maximum atomic E-state index is 13.3. The molecule has 4 rings (SSSR count). The third-order valence-electron chi connectivity index (χ3n) is 6.42. The van der Waals surface area contributed by atoms with E-state index in [0.29, 0.717) is 17.9 Å². The van der Waals surface area contributed by atoms with Crippen molar-refractivity contribution in [3.63, 3.8) is 0 Å². The normalized spacial score (nSPS) is 14.6. The zero-order valence-electron chi connectivity index (χ0n) is 20.3. The molecule has 2 unspecified atom stereocenters. The van der Waals surface area contributed by atoms with Gasteiger partial charge in [-0.3, -0.25) is 9.48 Å². The lowest BCUT2D eigenvalue weighted by Crippen LogP contribution is -2.43. The van der Waals surface area contributed by atoms with E-state index in [-0.39, 0.29) is 11.8 Å². The number of aryl methyl sites for hydroxylation is 1. The number of allylic oxidation sites excluding steroid dienone is 2. The number of carbonyl (C=O) groups excluding carboxylic acids is 1. The summed E-state index contributed by atoms with van der Waals surface area (Å²) in [5.41, 5.74) is 5.75. The quantitative estimate of drug-likeness (QED) is 0.504. The summed E-state index contributed by atoms with van der Waals surface area (Å²) in [4.78, 5) is 17.8. The van der Waals surface area contributed by atoms with Crippen LogP contribution in [0.2, 0.25) is 0 Å². The predicted molar refractivity (Wildman–Crippen MR) is 138 cm³/mol. The fourth-order valence-electron chi connectivity index (χ4n) is 4.12. The van der Waals surface area contributed by atoms with Gasteiger partial charge in [-0.2, -0.15) is 10.4 Å². The number of nitrogens with zero attached hydrogens (tertiary/aromatic N) is 4. The second-order valence-electron chi connectivity index (χ2n) is 8.85. The lowest BCUT2D eigenvalue weighted by molar-refractivity contribution is -0.117. The van der Waals surface area contributed by atoms with Crippen molar-refractivity contribution in [2.45, 2.75) is 38.6 Å². The number of hydrogen-bond acceptors (Lipinski definition) is 5. The molecule has 178 valence electrons. The summed E-state index contributed by atoms with van der Waals surface area (Å²) in [6.07, 6.45) is 11.7. The number of benzene rings is 1. The Morgan fingerprint density at radius 1 is 1.17 bits per heavy atom. The van der Waals surface area contributed by atoms with Gasteiger partial charge in [0.15, 0.2) is 0 Å². The molecule has 0 radical (unpaired) electrons. The van der Waals surface area contributed by atoms with Crippen molar-refractivity contribution < 1.29 is 4.79 Å². The standard InChI is InChI=1S/C28H30N6O/c1-19(22-11-9-21(15-29)10-12-22)16-31-27(23-7-5-4-6-8-23)28(35)33-26-14-13-24(17-30-26)25-18-32-34(3)20(25)2/h5,7-14,17-19,27,31H,4,6,16H2,1-3H3,(H,30,33,35). The van der Waals surface area contributed by atoms with Crippen LogP contribution in [-0.2, 0) is 11.8 Å². The van der Waals surface area contributed by atoms with Crippen molar-refractivity contribution in [2.24, 2.45) is 7.05 Å². The van der Waals surface area contributed by atoms with Gasteiger partial charge in [0.05, 0.1) is 17.8 Å². The van der Waals surface area contributed by atoms with E-state index in [1.54, 1.807) is 6.20 Å². The Hall–Kier alpha value is -4.02. The third kappa shape index (κ3) is 5.73. The van der Waals surface area contributed by atoms with Crippen molar-refractivity contribution in [3.05, 3.63) is 89.4 Å². The van der Waals surface area contributed by atoms with E-state index in [0.717, 1.165) is 40.8 Å². The van der Waals surface area contributed by atoms with Crippen LogP contribution in [0.5, 0.6) is 0 Å². The molecule has 0 spiro atoms. The minimum absolute atomic E-state index is 0.146. The van der Waals surface area contributed by atoms with Crippen LogP contribution in [0.1, 0.15) is 42.5 Å². The van der Waals surface area contributed by atoms with Gasteiger partial charge in [-0.15, -0.1) is 0 Å². The molecule has 0 fully saturated rings. The van der Waals surface area contributed by atoms with E-state index in [1.807, 2.05) is 67.3 Å². The van der Waals surface area contributed by atoms with Gasteiger partial charge in [-0.05, 0) is 61.1 Å². The van der Waals surface area contributed by atoms with Crippen molar-refractivity contribution in [2.75, 3.05) is 11.9 Å². The zero-order valence-corrected chi connectivity index (χ0v) is 20.3. The highest BCUT2D eigenvalue weighted by molar-refractivity contribution is 5.96. The molecule has 0 bridgehead atoms. The largest absolute Gasteiger partial charge is 0.309 e. The summed E-state index contributed by atoms with van der Waals surface area (Å²) in [6.45, 7) is 4.73. The summed E-state index contributed by atoms with van der Waals surface area (Å²) in [5.74, 6) is 0.534. The molecular formula is C28H30N6O. The van der Waals surface area contributed by atoms with Gasteiger partial charge < -0.3 is 10.6 Å². The number of nitriles is 1. The molecular weight excluding hydrogens is 436 g/mol. The Kier molecular flexibility index (Phi) is 7.54. The monoisotopic (exact) mass is 466 g/mol. The molecule has 0 aliphatic heterocycles. The van der Waals surface area contributed by atoms with Gasteiger partial charge in [-0.1, -0.05) is 37.3 Å². The molecule has 1 aliphatic rings. The van der Waals surface area contributed by atoms with Crippen LogP contribution in [0, 0.1) is 18.3 Å². The van der Waals surface area contributed by atoms with Crippen LogP contribution in [0.25, 0.3) is 11.1 Å². The predicted octanol–water partition coefficient (Wildman–Crippen LogP) is 4.64. The first-order chi connectivity index (χ1) is 17.0. The smallest absolute Gasteiger partial charge is 0.247 e. The van der Waals surface area contributed by atoms with E-state index < -0.39 is 6.04 Å². The molecule has 7 nitrogen and oxygen atoms in total. The summed E-state index contributed by atoms with van der Waals surface area (Å²) >= 11 is 0. The second kappa shape index (κ2) is 10.9. The molecule has 3 aromatic rings. The topological polar surface area (TPSA) is 95.6 Å². The summed E-state index contributed by atoms with van der Waals surface area (Å²) in [6, 6.07) is 13.0. The summed E-state index contributed by atoms with van der Waals surface area (Å²) < 4.78 is 1.82. The van der Waals surface area contributed by atoms with Gasteiger partial charge in [0, 0.05) is 36.6 Å². The molecule has 35 heavy (non-hydrogen) atoms. The number of amides is 1. The number of hydrogen-bond donors (Lipinski definition) is 2. The van der Waals surface area contributed by atoms with Crippen LogP contribution in [0.4, 0.5) is 5.82 Å². The number of rotatable bonds is 8. The maximum Gasteiger partial charge on any atom is 0.247 e. The molecule has 2 atom stereocenters. The first kappa shape index (κ1) is 24.1. The second-order valence-corrected chi connectivity index (χ2v) is 8.85. The Morgan fingerprint density at radius 2 is 1.97 bits per heavy atom. The molecule has 0 saturated heterocycles. The van der Waals surface area contributed by atoms with Gasteiger partial charge in [-0.25, -0.2) is 4.98 Å². The molecule has 2 heterocycles. The zero-order chi connectivity index (χ0) is 24.8. The first-order valence-electron chi connectivity index (χ1n) is 11.8. The molecule has 7 heteroatoms. The lowest BCUT2D eigenvalue weighted by Gasteiger charge is -2.23. The SMILES string of the molecule is Cc1c(-c2ccc(NC(=O)C(NCC(C)c3ccc(C#N)cc3)C3=CCCC=C3)nc2)cnn1C. The van der Waals surface area contributed by atoms with E-state index in [4.69, 9.17) is 5.26 Å². The Balaban J connectivity index is 1.45. The molecule has 2 aromatic heterocycles. The third-order valence-corrected chi connectivity index (χ3v) is 6.42. The average Bonchev–Trinajstić information content (AvgIpc) is 3.23. The average molecular weight is 467 g/mol. The number of nitrogens with one attached hydrogen (secondary N) is 2. The maximum absolute atomic E-state index is 13.3. The van der Waals surface area contributed by atoms with Crippen molar-refractivity contribution in [1.29, 1.82) is 5.26 Å². The molecule has 2 N–H and O–H groups in total. The molecule has 1 aliphatic carbocycles. The Labute approximate surface area is 206 Å². The van der Waals surface area contributed by atoms with Crippen molar-refractivity contribution in [1.82, 2.24) is 20.1 Å². The Bertz CT molecular complexity index is 1280. The molecule has 1 aromatic carbocycles. The highest BCUT2D eigenvalue weighted by atomic mass is 16.2. The van der Waals surface area contributed by atoms with Gasteiger partial charge >= 0.3 is 0 Å². The van der Waals surface area contributed by atoms with Gasteiger partial charge in [0.2, 0.25) is 5.91 Å². The lowest BCUT2D eigenvalue weighted by atomic mass is 9.96. The minimum Gasteiger partial charge on any atom is -0.309 e. The fraction of sp³-hybridized carbons (Fsp3) is 0.286. The van der Waals surface area contributed by atoms with E-state index in [9.17, 15) is 4.79 Å². The minimum atomic E-state index is -0.491. The van der Waals surface area contributed by atoms with Crippen LogP contribution in [-0.4, -0.2) is 33.3 Å².